The van der Waals surface area contributed by atoms with E-state index in [1.54, 1.807) is 6.20 Å². The van der Waals surface area contributed by atoms with Crippen LogP contribution in [-0.2, 0) is 6.42 Å². The van der Waals surface area contributed by atoms with Crippen LogP contribution < -0.4 is 0 Å². The van der Waals surface area contributed by atoms with Gasteiger partial charge < -0.3 is 0 Å². The van der Waals surface area contributed by atoms with Crippen molar-refractivity contribution in [1.29, 1.82) is 0 Å². The first-order valence-electron chi connectivity index (χ1n) is 6.40. The van der Waals surface area contributed by atoms with Crippen molar-refractivity contribution in [2.45, 2.75) is 32.1 Å². The Balaban J connectivity index is 2.00. The molecule has 0 saturated carbocycles. The Labute approximate surface area is 121 Å². The second-order valence-electron chi connectivity index (χ2n) is 4.92. The van der Waals surface area contributed by atoms with E-state index in [2.05, 4.69) is 11.1 Å². The van der Waals surface area contributed by atoms with Crippen LogP contribution in [0.4, 0.5) is 0 Å². The van der Waals surface area contributed by atoms with Gasteiger partial charge in [0.05, 0.1) is 21.5 Å². The van der Waals surface area contributed by atoms with Gasteiger partial charge in [-0.15, -0.1) is 11.3 Å². The van der Waals surface area contributed by atoms with Crippen LogP contribution in [0.5, 0.6) is 0 Å². The van der Waals surface area contributed by atoms with Crippen molar-refractivity contribution < 1.29 is 4.79 Å². The average molecular weight is 292 g/mol. The van der Waals surface area contributed by atoms with Crippen molar-refractivity contribution >= 4 is 28.7 Å². The number of fused-ring (bicyclic) bond motifs is 1. The molecule has 2 nitrogen and oxygen atoms in total. The Bertz CT molecular complexity index is 635. The molecule has 0 radical (unpaired) electrons. The zero-order chi connectivity index (χ0) is 13.4. The summed E-state index contributed by atoms with van der Waals surface area (Å²) in [6, 6.07) is 4.01. The molecule has 1 aliphatic carbocycles. The highest BCUT2D eigenvalue weighted by Gasteiger charge is 2.30. The lowest BCUT2D eigenvalue weighted by molar-refractivity contribution is 0.0953. The van der Waals surface area contributed by atoms with Crippen molar-refractivity contribution in [3.8, 4) is 0 Å². The Hall–Kier alpha value is -1.19. The van der Waals surface area contributed by atoms with Gasteiger partial charge in [0.2, 0.25) is 0 Å². The number of aromatic nitrogens is 1. The van der Waals surface area contributed by atoms with Gasteiger partial charge in [0.15, 0.2) is 5.78 Å². The number of halogens is 1. The van der Waals surface area contributed by atoms with Crippen molar-refractivity contribution in [2.75, 3.05) is 0 Å². The monoisotopic (exact) mass is 291 g/mol. The Morgan fingerprint density at radius 2 is 2.37 bits per heavy atom. The van der Waals surface area contributed by atoms with Crippen molar-refractivity contribution in [3.63, 3.8) is 0 Å². The molecule has 0 aliphatic heterocycles. The van der Waals surface area contributed by atoms with Gasteiger partial charge in [0.1, 0.15) is 0 Å². The summed E-state index contributed by atoms with van der Waals surface area (Å²) in [4.78, 5) is 17.8. The normalized spacial score (nSPS) is 18.1. The van der Waals surface area contributed by atoms with E-state index in [0.29, 0.717) is 9.90 Å². The number of Topliss-reactive ketones (excluding diaryl/α,β-unsaturated/α-hetero) is 1. The minimum atomic E-state index is -0.125. The topological polar surface area (TPSA) is 30.0 Å². The second-order valence-corrected chi connectivity index (χ2v) is 6.18. The van der Waals surface area contributed by atoms with Crippen LogP contribution in [-0.4, -0.2) is 10.8 Å². The Kier molecular flexibility index (Phi) is 3.42. The molecule has 3 rings (SSSR count). The van der Waals surface area contributed by atoms with E-state index in [1.165, 1.54) is 16.9 Å². The molecule has 0 spiro atoms. The molecule has 2 aromatic rings. The number of hydrogen-bond acceptors (Lipinski definition) is 3. The van der Waals surface area contributed by atoms with Crippen LogP contribution >= 0.6 is 22.9 Å². The molecule has 1 atom stereocenters. The SMILES string of the molecule is Cc1csc(C(=O)C2CCCc3cccnc32)c1Cl. The first-order valence-corrected chi connectivity index (χ1v) is 7.66. The van der Waals surface area contributed by atoms with Crippen LogP contribution in [0.2, 0.25) is 5.02 Å². The standard InChI is InChI=1S/C15H14ClNOS/c1-9-8-19-15(12(9)16)14(18)11-6-2-4-10-5-3-7-17-13(10)11/h3,5,7-8,11H,2,4,6H2,1H3. The van der Waals surface area contributed by atoms with E-state index in [9.17, 15) is 4.79 Å². The zero-order valence-electron chi connectivity index (χ0n) is 10.6. The fourth-order valence-corrected chi connectivity index (χ4v) is 3.90. The van der Waals surface area contributed by atoms with Gasteiger partial charge in [-0.05, 0) is 48.8 Å². The lowest BCUT2D eigenvalue weighted by atomic mass is 9.83. The van der Waals surface area contributed by atoms with Crippen molar-refractivity contribution in [3.05, 3.63) is 50.4 Å². The summed E-state index contributed by atoms with van der Waals surface area (Å²) >= 11 is 7.66. The summed E-state index contributed by atoms with van der Waals surface area (Å²) in [6.45, 7) is 1.93. The third-order valence-electron chi connectivity index (χ3n) is 3.63. The highest BCUT2D eigenvalue weighted by molar-refractivity contribution is 7.13. The molecular formula is C15H14ClNOS. The number of hydrogen-bond donors (Lipinski definition) is 0. The summed E-state index contributed by atoms with van der Waals surface area (Å²) < 4.78 is 0. The quantitative estimate of drug-likeness (QED) is 0.767. The molecule has 4 heteroatoms. The summed E-state index contributed by atoms with van der Waals surface area (Å²) in [5.41, 5.74) is 3.13. The maximum Gasteiger partial charge on any atom is 0.183 e. The smallest absolute Gasteiger partial charge is 0.183 e. The fraction of sp³-hybridized carbons (Fsp3) is 0.333. The number of rotatable bonds is 2. The predicted molar refractivity (Wildman–Crippen MR) is 78.3 cm³/mol. The molecule has 0 N–H and O–H groups in total. The first-order chi connectivity index (χ1) is 9.18. The molecule has 0 bridgehead atoms. The third-order valence-corrected chi connectivity index (χ3v) is 5.35. The van der Waals surface area contributed by atoms with Crippen molar-refractivity contribution in [1.82, 2.24) is 4.98 Å². The van der Waals surface area contributed by atoms with E-state index in [-0.39, 0.29) is 11.7 Å². The highest BCUT2D eigenvalue weighted by Crippen LogP contribution is 2.37. The molecule has 98 valence electrons. The van der Waals surface area contributed by atoms with Gasteiger partial charge in [-0.1, -0.05) is 17.7 Å². The van der Waals surface area contributed by atoms with Gasteiger partial charge >= 0.3 is 0 Å². The van der Waals surface area contributed by atoms with Gasteiger partial charge in [0.25, 0.3) is 0 Å². The lowest BCUT2D eigenvalue weighted by Crippen LogP contribution is -2.19. The minimum Gasteiger partial charge on any atom is -0.292 e. The average Bonchev–Trinajstić information content (AvgIpc) is 2.78. The number of carbonyl (C=O) groups excluding carboxylic acids is 1. The summed E-state index contributed by atoms with van der Waals surface area (Å²) in [5, 5.41) is 2.55. The third kappa shape index (κ3) is 2.21. The maximum atomic E-state index is 12.7. The van der Waals surface area contributed by atoms with Gasteiger partial charge in [-0.3, -0.25) is 9.78 Å². The minimum absolute atomic E-state index is 0.125. The van der Waals surface area contributed by atoms with Crippen LogP contribution in [0.1, 0.15) is 45.3 Å². The number of thiophene rings is 1. The van der Waals surface area contributed by atoms with Crippen molar-refractivity contribution in [2.24, 2.45) is 0 Å². The van der Waals surface area contributed by atoms with E-state index >= 15 is 0 Å². The molecule has 0 fully saturated rings. The molecular weight excluding hydrogens is 278 g/mol. The molecule has 1 aliphatic rings. The maximum absolute atomic E-state index is 12.7. The van der Waals surface area contributed by atoms with E-state index < -0.39 is 0 Å². The van der Waals surface area contributed by atoms with Gasteiger partial charge in [0, 0.05) is 6.20 Å². The summed E-state index contributed by atoms with van der Waals surface area (Å²) in [5.74, 6) is 0.00301. The summed E-state index contributed by atoms with van der Waals surface area (Å²) in [7, 11) is 0. The first kappa shape index (κ1) is 12.8. The summed E-state index contributed by atoms with van der Waals surface area (Å²) in [6.07, 6.45) is 4.70. The van der Waals surface area contributed by atoms with Crippen LogP contribution in [0.15, 0.2) is 23.7 Å². The van der Waals surface area contributed by atoms with Crippen LogP contribution in [0.25, 0.3) is 0 Å². The van der Waals surface area contributed by atoms with Gasteiger partial charge in [-0.25, -0.2) is 0 Å². The number of carbonyl (C=O) groups is 1. The van der Waals surface area contributed by atoms with Crippen LogP contribution in [0.3, 0.4) is 0 Å². The molecule has 0 aromatic carbocycles. The number of pyridine rings is 1. The zero-order valence-corrected chi connectivity index (χ0v) is 12.2. The largest absolute Gasteiger partial charge is 0.292 e. The predicted octanol–water partition coefficient (Wildman–Crippen LogP) is 4.41. The van der Waals surface area contributed by atoms with Gasteiger partial charge in [-0.2, -0.15) is 0 Å². The molecule has 2 heterocycles. The molecule has 0 amide bonds. The molecule has 1 unspecified atom stereocenters. The molecule has 0 saturated heterocycles. The molecule has 2 aromatic heterocycles. The number of nitrogens with zero attached hydrogens (tertiary/aromatic N) is 1. The lowest BCUT2D eigenvalue weighted by Gasteiger charge is -2.22. The Morgan fingerprint density at radius 3 is 3.11 bits per heavy atom. The highest BCUT2D eigenvalue weighted by atomic mass is 35.5. The van der Waals surface area contributed by atoms with E-state index in [0.717, 1.165) is 30.5 Å². The van der Waals surface area contributed by atoms with Crippen LogP contribution in [0, 0.1) is 6.92 Å². The number of aryl methyl sites for hydroxylation is 2. The number of ketones is 1. The fourth-order valence-electron chi connectivity index (χ4n) is 2.62. The van der Waals surface area contributed by atoms with E-state index in [1.807, 2.05) is 18.4 Å². The Morgan fingerprint density at radius 1 is 1.53 bits per heavy atom. The van der Waals surface area contributed by atoms with E-state index in [4.69, 9.17) is 11.6 Å². The second kappa shape index (κ2) is 5.06. The molecule has 19 heavy (non-hydrogen) atoms.